The highest BCUT2D eigenvalue weighted by Crippen LogP contribution is 2.39. The lowest BCUT2D eigenvalue weighted by Crippen LogP contribution is -2.30. The van der Waals surface area contributed by atoms with Crippen LogP contribution < -0.4 is 5.32 Å². The van der Waals surface area contributed by atoms with Crippen molar-refractivity contribution in [2.45, 2.75) is 51.6 Å². The van der Waals surface area contributed by atoms with Crippen molar-refractivity contribution in [3.05, 3.63) is 52.2 Å². The molecule has 3 aromatic rings. The van der Waals surface area contributed by atoms with Gasteiger partial charge in [0.05, 0.1) is 11.9 Å². The molecule has 0 amide bonds. The smallest absolute Gasteiger partial charge is 0.146 e. The molecule has 0 radical (unpaired) electrons. The summed E-state index contributed by atoms with van der Waals surface area (Å²) >= 11 is 1.89. The Morgan fingerprint density at radius 1 is 0.963 bits per heavy atom. The zero-order valence-corrected chi connectivity index (χ0v) is 16.5. The van der Waals surface area contributed by atoms with Gasteiger partial charge in [-0.2, -0.15) is 0 Å². The molecule has 3 heterocycles. The molecular weight excluding hydrogens is 352 g/mol. The summed E-state index contributed by atoms with van der Waals surface area (Å²) in [6.45, 7) is 4.03. The minimum atomic E-state index is 0.806. The van der Waals surface area contributed by atoms with E-state index in [0.29, 0.717) is 0 Å². The number of anilines is 1. The lowest BCUT2D eigenvalue weighted by atomic mass is 10.1. The molecule has 1 fully saturated rings. The van der Waals surface area contributed by atoms with E-state index in [1.165, 1.54) is 77.8 Å². The second kappa shape index (κ2) is 7.56. The van der Waals surface area contributed by atoms with Gasteiger partial charge in [0.25, 0.3) is 0 Å². The van der Waals surface area contributed by atoms with Crippen molar-refractivity contribution in [3.63, 3.8) is 0 Å². The molecule has 0 bridgehead atoms. The van der Waals surface area contributed by atoms with Crippen LogP contribution >= 0.6 is 11.3 Å². The summed E-state index contributed by atoms with van der Waals surface area (Å²) in [5.74, 6) is 2.01. The number of hydrogen-bond acceptors (Lipinski definition) is 5. The highest BCUT2D eigenvalue weighted by atomic mass is 32.1. The number of fused-ring (bicyclic) bond motifs is 3. The van der Waals surface area contributed by atoms with Crippen molar-refractivity contribution in [1.29, 1.82) is 0 Å². The number of aryl methyl sites for hydroxylation is 2. The predicted molar refractivity (Wildman–Crippen MR) is 112 cm³/mol. The number of nitrogens with one attached hydrogen (secondary N) is 1. The second-order valence-corrected chi connectivity index (χ2v) is 8.79. The van der Waals surface area contributed by atoms with Gasteiger partial charge in [-0.3, -0.25) is 4.90 Å². The first kappa shape index (κ1) is 17.1. The van der Waals surface area contributed by atoms with E-state index >= 15 is 0 Å². The number of nitrogens with zero attached hydrogens (tertiary/aromatic N) is 3. The van der Waals surface area contributed by atoms with Crippen molar-refractivity contribution in [1.82, 2.24) is 14.9 Å². The van der Waals surface area contributed by atoms with Crippen LogP contribution in [-0.4, -0.2) is 28.0 Å². The Kier molecular flexibility index (Phi) is 4.80. The highest BCUT2D eigenvalue weighted by Gasteiger charge is 2.23. The fraction of sp³-hybridized carbons (Fsp3) is 0.455. The van der Waals surface area contributed by atoms with Gasteiger partial charge in [-0.05, 0) is 56.3 Å². The Bertz CT molecular complexity index is 928. The van der Waals surface area contributed by atoms with Crippen LogP contribution in [0.4, 0.5) is 5.82 Å². The number of hydrogen-bond donors (Lipinski definition) is 1. The van der Waals surface area contributed by atoms with Gasteiger partial charge in [0.2, 0.25) is 0 Å². The molecule has 5 heteroatoms. The quantitative estimate of drug-likeness (QED) is 0.694. The number of thiophene rings is 1. The lowest BCUT2D eigenvalue weighted by molar-refractivity contribution is 0.216. The minimum absolute atomic E-state index is 0.806. The van der Waals surface area contributed by atoms with E-state index in [4.69, 9.17) is 9.97 Å². The van der Waals surface area contributed by atoms with Gasteiger partial charge in [0, 0.05) is 11.4 Å². The molecule has 0 saturated carbocycles. The van der Waals surface area contributed by atoms with Crippen LogP contribution in [-0.2, 0) is 25.9 Å². The lowest BCUT2D eigenvalue weighted by Gasteiger charge is -2.25. The average molecular weight is 379 g/mol. The van der Waals surface area contributed by atoms with E-state index in [2.05, 4.69) is 40.5 Å². The summed E-state index contributed by atoms with van der Waals surface area (Å²) in [5.41, 5.74) is 2.78. The third-order valence-electron chi connectivity index (χ3n) is 5.73. The van der Waals surface area contributed by atoms with E-state index in [9.17, 15) is 0 Å². The van der Waals surface area contributed by atoms with E-state index < -0.39 is 0 Å². The van der Waals surface area contributed by atoms with Gasteiger partial charge in [0.1, 0.15) is 16.5 Å². The molecule has 0 atom stereocenters. The van der Waals surface area contributed by atoms with Gasteiger partial charge < -0.3 is 5.32 Å². The average Bonchev–Trinajstić information content (AvgIpc) is 3.28. The Balaban J connectivity index is 1.47. The standard InChI is InChI=1S/C22H26N4S/c1-3-8-16(9-4-1)14-23-21-20-17-10-7-11-18(17)27-22(20)25-19(24-21)15-26-12-5-2-6-13-26/h1,3-4,8-9H,2,5-7,10-15H2,(H,23,24,25). The largest absolute Gasteiger partial charge is 0.365 e. The maximum Gasteiger partial charge on any atom is 0.146 e. The van der Waals surface area contributed by atoms with Gasteiger partial charge in [-0.15, -0.1) is 11.3 Å². The Hall–Kier alpha value is -1.98. The van der Waals surface area contributed by atoms with Crippen LogP contribution in [0.2, 0.25) is 0 Å². The third kappa shape index (κ3) is 3.58. The first-order chi connectivity index (χ1) is 13.4. The van der Waals surface area contributed by atoms with Crippen molar-refractivity contribution >= 4 is 27.4 Å². The first-order valence-corrected chi connectivity index (χ1v) is 11.0. The highest BCUT2D eigenvalue weighted by molar-refractivity contribution is 7.19. The molecule has 1 aliphatic carbocycles. The van der Waals surface area contributed by atoms with Crippen LogP contribution in [0.3, 0.4) is 0 Å². The van der Waals surface area contributed by atoms with Crippen LogP contribution in [0.25, 0.3) is 10.2 Å². The van der Waals surface area contributed by atoms with E-state index in [0.717, 1.165) is 24.7 Å². The summed E-state index contributed by atoms with van der Waals surface area (Å²) in [4.78, 5) is 15.2. The molecule has 0 spiro atoms. The molecular formula is C22H26N4S. The van der Waals surface area contributed by atoms with Gasteiger partial charge >= 0.3 is 0 Å². The number of rotatable bonds is 5. The molecule has 1 aromatic carbocycles. The summed E-state index contributed by atoms with van der Waals surface area (Å²) in [6.07, 6.45) is 7.60. The monoisotopic (exact) mass is 378 g/mol. The van der Waals surface area contributed by atoms with Crippen molar-refractivity contribution in [2.24, 2.45) is 0 Å². The zero-order valence-electron chi connectivity index (χ0n) is 15.7. The molecule has 1 N–H and O–H groups in total. The van der Waals surface area contributed by atoms with E-state index in [-0.39, 0.29) is 0 Å². The summed E-state index contributed by atoms with van der Waals surface area (Å²) in [7, 11) is 0. The SMILES string of the molecule is c1ccc(CNc2nc(CN3CCCCC3)nc3sc4c(c23)CCC4)cc1. The molecule has 4 nitrogen and oxygen atoms in total. The molecule has 1 aliphatic heterocycles. The van der Waals surface area contributed by atoms with Gasteiger partial charge in [-0.1, -0.05) is 36.8 Å². The number of likely N-dealkylation sites (tertiary alicyclic amines) is 1. The minimum Gasteiger partial charge on any atom is -0.365 e. The molecule has 1 saturated heterocycles. The molecule has 0 unspecified atom stereocenters. The molecule has 2 aromatic heterocycles. The maximum absolute atomic E-state index is 5.00. The number of piperidine rings is 1. The fourth-order valence-corrected chi connectivity index (χ4v) is 5.62. The number of benzene rings is 1. The third-order valence-corrected chi connectivity index (χ3v) is 6.91. The molecule has 27 heavy (non-hydrogen) atoms. The van der Waals surface area contributed by atoms with Gasteiger partial charge in [0.15, 0.2) is 0 Å². The number of aromatic nitrogens is 2. The summed E-state index contributed by atoms with van der Waals surface area (Å²) in [6, 6.07) is 10.6. The summed E-state index contributed by atoms with van der Waals surface area (Å²) in [5, 5.41) is 4.92. The van der Waals surface area contributed by atoms with Crippen LogP contribution in [0, 0.1) is 0 Å². The molecule has 140 valence electrons. The second-order valence-electron chi connectivity index (χ2n) is 7.70. The fourth-order valence-electron chi connectivity index (χ4n) is 4.34. The maximum atomic E-state index is 5.00. The molecule has 2 aliphatic rings. The Morgan fingerprint density at radius 2 is 1.81 bits per heavy atom. The van der Waals surface area contributed by atoms with Crippen LogP contribution in [0.5, 0.6) is 0 Å². The predicted octanol–water partition coefficient (Wildman–Crippen LogP) is 4.78. The van der Waals surface area contributed by atoms with E-state index in [1.54, 1.807) is 0 Å². The van der Waals surface area contributed by atoms with Crippen molar-refractivity contribution in [2.75, 3.05) is 18.4 Å². The van der Waals surface area contributed by atoms with Crippen molar-refractivity contribution < 1.29 is 0 Å². The summed E-state index contributed by atoms with van der Waals surface area (Å²) < 4.78 is 0. The first-order valence-electron chi connectivity index (χ1n) is 10.2. The van der Waals surface area contributed by atoms with Crippen LogP contribution in [0.15, 0.2) is 30.3 Å². The van der Waals surface area contributed by atoms with E-state index in [1.807, 2.05) is 11.3 Å². The Morgan fingerprint density at radius 3 is 2.67 bits per heavy atom. The van der Waals surface area contributed by atoms with Crippen LogP contribution in [0.1, 0.15) is 47.5 Å². The topological polar surface area (TPSA) is 41.1 Å². The van der Waals surface area contributed by atoms with Crippen molar-refractivity contribution in [3.8, 4) is 0 Å². The zero-order chi connectivity index (χ0) is 18.1. The Labute approximate surface area is 164 Å². The van der Waals surface area contributed by atoms with Gasteiger partial charge in [-0.25, -0.2) is 9.97 Å². The molecule has 5 rings (SSSR count). The normalized spacial score (nSPS) is 17.3.